The Morgan fingerprint density at radius 1 is 1.19 bits per heavy atom. The van der Waals surface area contributed by atoms with Crippen molar-refractivity contribution in [2.75, 3.05) is 11.9 Å². The predicted molar refractivity (Wildman–Crippen MR) is 119 cm³/mol. The van der Waals surface area contributed by atoms with E-state index in [1.165, 1.54) is 6.07 Å². The highest BCUT2D eigenvalue weighted by atomic mass is 35.5. The fourth-order valence-electron chi connectivity index (χ4n) is 3.28. The normalized spacial score (nSPS) is 18.0. The molecule has 1 atom stereocenters. The lowest BCUT2D eigenvalue weighted by Crippen LogP contribution is -2.45. The zero-order valence-corrected chi connectivity index (χ0v) is 17.6. The van der Waals surface area contributed by atoms with Crippen molar-refractivity contribution in [1.82, 2.24) is 5.01 Å². The van der Waals surface area contributed by atoms with Gasteiger partial charge < -0.3 is 10.4 Å². The maximum Gasteiger partial charge on any atom is 0.324 e. The molecule has 0 aliphatic carbocycles. The smallest absolute Gasteiger partial charge is 0.324 e. The van der Waals surface area contributed by atoms with Crippen molar-refractivity contribution < 1.29 is 14.8 Å². The van der Waals surface area contributed by atoms with E-state index in [0.29, 0.717) is 26.9 Å². The van der Waals surface area contributed by atoms with Gasteiger partial charge in [-0.05, 0) is 30.3 Å². The molecule has 0 radical (unpaired) electrons. The van der Waals surface area contributed by atoms with Crippen LogP contribution in [-0.2, 0) is 10.5 Å². The number of aliphatic hydroxyl groups is 1. The minimum Gasteiger partial charge on any atom is -0.376 e. The monoisotopic (exact) mass is 456 g/mol. The second kappa shape index (κ2) is 8.46. The lowest BCUT2D eigenvalue weighted by molar-refractivity contribution is -0.380. The molecule has 1 aromatic heterocycles. The van der Waals surface area contributed by atoms with Crippen LogP contribution in [0.4, 0.5) is 10.7 Å². The van der Waals surface area contributed by atoms with Crippen LogP contribution in [0, 0.1) is 10.1 Å². The molecule has 1 unspecified atom stereocenters. The Bertz CT molecular complexity index is 1150. The zero-order chi connectivity index (χ0) is 22.0. The van der Waals surface area contributed by atoms with E-state index >= 15 is 0 Å². The van der Waals surface area contributed by atoms with Gasteiger partial charge in [0.25, 0.3) is 5.91 Å². The highest BCUT2D eigenvalue weighted by Crippen LogP contribution is 2.39. The van der Waals surface area contributed by atoms with Crippen molar-refractivity contribution >= 4 is 45.2 Å². The summed E-state index contributed by atoms with van der Waals surface area (Å²) in [5.74, 6) is -0.456. The summed E-state index contributed by atoms with van der Waals surface area (Å²) < 4.78 is 0. The summed E-state index contributed by atoms with van der Waals surface area (Å²) in [5, 5.41) is 31.5. The number of benzene rings is 2. The highest BCUT2D eigenvalue weighted by molar-refractivity contribution is 7.17. The third-order valence-corrected chi connectivity index (χ3v) is 6.14. The molecule has 2 heterocycles. The van der Waals surface area contributed by atoms with Crippen LogP contribution in [0.3, 0.4) is 0 Å². The quantitative estimate of drug-likeness (QED) is 0.427. The number of amides is 1. The van der Waals surface area contributed by atoms with E-state index in [1.54, 1.807) is 60.7 Å². The number of thiophene rings is 1. The van der Waals surface area contributed by atoms with Gasteiger partial charge >= 0.3 is 5.00 Å². The molecule has 2 aromatic carbocycles. The minimum atomic E-state index is -1.70. The Kier molecular flexibility index (Phi) is 5.73. The standard InChI is InChI=1S/C21H17ClN4O4S/c22-15-6-8-16(9-7-15)23-13-19(27)25-21(28,14-4-2-1-3-5-14)12-17(24-25)18-10-11-20(31-18)26(29)30/h1-11,23,28H,12-13H2. The first-order valence-corrected chi connectivity index (χ1v) is 10.5. The van der Waals surface area contributed by atoms with Gasteiger partial charge in [-0.15, -0.1) is 0 Å². The van der Waals surface area contributed by atoms with Gasteiger partial charge in [-0.2, -0.15) is 10.1 Å². The van der Waals surface area contributed by atoms with Gasteiger partial charge in [0, 0.05) is 28.8 Å². The van der Waals surface area contributed by atoms with Gasteiger partial charge in [-0.3, -0.25) is 14.9 Å². The second-order valence-electron chi connectivity index (χ2n) is 6.87. The van der Waals surface area contributed by atoms with Crippen molar-refractivity contribution in [3.05, 3.63) is 92.3 Å². The zero-order valence-electron chi connectivity index (χ0n) is 16.1. The molecule has 31 heavy (non-hydrogen) atoms. The number of hydrogen-bond acceptors (Lipinski definition) is 7. The van der Waals surface area contributed by atoms with E-state index in [2.05, 4.69) is 10.4 Å². The van der Waals surface area contributed by atoms with Crippen LogP contribution in [0.2, 0.25) is 5.02 Å². The molecule has 2 N–H and O–H groups in total. The number of nitrogens with one attached hydrogen (secondary N) is 1. The number of hydrazone groups is 1. The lowest BCUT2D eigenvalue weighted by Gasteiger charge is -2.31. The van der Waals surface area contributed by atoms with Gasteiger partial charge in [0.2, 0.25) is 0 Å². The Morgan fingerprint density at radius 3 is 2.55 bits per heavy atom. The maximum absolute atomic E-state index is 13.0. The van der Waals surface area contributed by atoms with Gasteiger partial charge in [0.1, 0.15) is 0 Å². The van der Waals surface area contributed by atoms with E-state index in [-0.39, 0.29) is 18.0 Å². The molecule has 4 rings (SSSR count). The van der Waals surface area contributed by atoms with E-state index in [1.807, 2.05) is 0 Å². The molecule has 3 aromatic rings. The van der Waals surface area contributed by atoms with Gasteiger partial charge in [-0.25, -0.2) is 0 Å². The van der Waals surface area contributed by atoms with Gasteiger partial charge in [0.05, 0.1) is 22.1 Å². The maximum atomic E-state index is 13.0. The molecule has 1 aliphatic rings. The molecule has 1 aliphatic heterocycles. The van der Waals surface area contributed by atoms with Gasteiger partial charge in [-0.1, -0.05) is 53.3 Å². The number of hydrogen-bond donors (Lipinski definition) is 2. The topological polar surface area (TPSA) is 108 Å². The van der Waals surface area contributed by atoms with Crippen LogP contribution in [-0.4, -0.2) is 33.2 Å². The van der Waals surface area contributed by atoms with E-state index in [0.717, 1.165) is 16.3 Å². The molecule has 0 spiro atoms. The number of carbonyl (C=O) groups is 1. The first-order valence-electron chi connectivity index (χ1n) is 9.29. The summed E-state index contributed by atoms with van der Waals surface area (Å²) in [4.78, 5) is 24.1. The van der Waals surface area contributed by atoms with Crippen molar-refractivity contribution in [2.24, 2.45) is 5.10 Å². The first kappa shape index (κ1) is 21.0. The summed E-state index contributed by atoms with van der Waals surface area (Å²) in [6, 6.07) is 18.6. The number of carbonyl (C=O) groups excluding carboxylic acids is 1. The predicted octanol–water partition coefficient (Wildman–Crippen LogP) is 4.20. The third-order valence-electron chi connectivity index (χ3n) is 4.80. The summed E-state index contributed by atoms with van der Waals surface area (Å²) in [5.41, 5.74) is -0.101. The SMILES string of the molecule is O=C(CNc1ccc(Cl)cc1)N1N=C(c2ccc([N+](=O)[O-])s2)CC1(O)c1ccccc1. The summed E-state index contributed by atoms with van der Waals surface area (Å²) >= 11 is 6.84. The molecular weight excluding hydrogens is 440 g/mol. The van der Waals surface area contributed by atoms with E-state index in [4.69, 9.17) is 11.6 Å². The molecule has 0 bridgehead atoms. The molecule has 8 nitrogen and oxygen atoms in total. The van der Waals surface area contributed by atoms with Gasteiger partial charge in [0.15, 0.2) is 5.72 Å². The molecule has 158 valence electrons. The molecule has 0 saturated heterocycles. The molecule has 10 heteroatoms. The van der Waals surface area contributed by atoms with E-state index in [9.17, 15) is 20.0 Å². The number of nitrogens with zero attached hydrogens (tertiary/aromatic N) is 3. The minimum absolute atomic E-state index is 0.0152. The fourth-order valence-corrected chi connectivity index (χ4v) is 4.21. The molecule has 1 amide bonds. The largest absolute Gasteiger partial charge is 0.376 e. The molecular formula is C21H17ClN4O4S. The molecule has 0 fully saturated rings. The van der Waals surface area contributed by atoms with E-state index < -0.39 is 16.6 Å². The Hall–Kier alpha value is -3.27. The second-order valence-corrected chi connectivity index (χ2v) is 8.37. The summed E-state index contributed by atoms with van der Waals surface area (Å²) in [7, 11) is 0. The highest BCUT2D eigenvalue weighted by Gasteiger charge is 2.46. The lowest BCUT2D eigenvalue weighted by atomic mass is 9.97. The number of nitro groups is 1. The summed E-state index contributed by atoms with van der Waals surface area (Å²) in [6.07, 6.45) is 0.0152. The fraction of sp³-hybridized carbons (Fsp3) is 0.143. The number of halogens is 1. The van der Waals surface area contributed by atoms with Crippen LogP contribution in [0.1, 0.15) is 16.9 Å². The Morgan fingerprint density at radius 2 is 1.90 bits per heavy atom. The number of anilines is 1. The first-order chi connectivity index (χ1) is 14.9. The Balaban J connectivity index is 1.62. The van der Waals surface area contributed by atoms with Crippen molar-refractivity contribution in [3.63, 3.8) is 0 Å². The average molecular weight is 457 g/mol. The van der Waals surface area contributed by atoms with Crippen LogP contribution in [0.5, 0.6) is 0 Å². The third kappa shape index (κ3) is 4.29. The van der Waals surface area contributed by atoms with Crippen LogP contribution < -0.4 is 5.32 Å². The molecule has 0 saturated carbocycles. The van der Waals surface area contributed by atoms with Crippen LogP contribution >= 0.6 is 22.9 Å². The van der Waals surface area contributed by atoms with Crippen LogP contribution in [0.25, 0.3) is 0 Å². The van der Waals surface area contributed by atoms with Crippen molar-refractivity contribution in [3.8, 4) is 0 Å². The average Bonchev–Trinajstić information content (AvgIpc) is 3.40. The number of rotatable bonds is 6. The van der Waals surface area contributed by atoms with Crippen molar-refractivity contribution in [1.29, 1.82) is 0 Å². The van der Waals surface area contributed by atoms with Crippen LogP contribution in [0.15, 0.2) is 71.8 Å². The van der Waals surface area contributed by atoms with Crippen molar-refractivity contribution in [2.45, 2.75) is 12.1 Å². The Labute approximate surface area is 186 Å². The summed E-state index contributed by atoms with van der Waals surface area (Å²) in [6.45, 7) is -0.113.